The normalized spacial score (nSPS) is 21.6. The van der Waals surface area contributed by atoms with Gasteiger partial charge >= 0.3 is 0 Å². The topological polar surface area (TPSA) is 55.1 Å². The van der Waals surface area contributed by atoms with Crippen molar-refractivity contribution in [1.82, 2.24) is 5.32 Å². The molecule has 0 heterocycles. The van der Waals surface area contributed by atoms with E-state index >= 15 is 0 Å². The molecule has 0 spiro atoms. The predicted molar refractivity (Wildman–Crippen MR) is 69.4 cm³/mol. The Bertz CT molecular complexity index is 247. The van der Waals surface area contributed by atoms with Gasteiger partial charge in [0.1, 0.15) is 0 Å². The molecule has 0 aromatic carbocycles. The molecular formula is C14H26N2O. The van der Waals surface area contributed by atoms with Crippen molar-refractivity contribution >= 4 is 5.91 Å². The Hall–Kier alpha value is -0.570. The molecule has 3 N–H and O–H groups in total. The highest BCUT2D eigenvalue weighted by atomic mass is 16.1. The summed E-state index contributed by atoms with van der Waals surface area (Å²) >= 11 is 0. The van der Waals surface area contributed by atoms with Crippen molar-refractivity contribution < 1.29 is 4.79 Å². The van der Waals surface area contributed by atoms with Crippen molar-refractivity contribution in [3.8, 4) is 0 Å². The van der Waals surface area contributed by atoms with Crippen LogP contribution in [0.3, 0.4) is 0 Å². The SMILES string of the molecule is CC(CCCN)C(=O)NCC(C1CC1)C1CC1. The molecule has 2 rings (SSSR count). The van der Waals surface area contributed by atoms with E-state index in [2.05, 4.69) is 5.32 Å². The molecule has 0 bridgehead atoms. The molecule has 1 atom stereocenters. The lowest BCUT2D eigenvalue weighted by molar-refractivity contribution is -0.124. The third-order valence-electron chi connectivity index (χ3n) is 4.26. The molecule has 2 saturated carbocycles. The molecule has 3 nitrogen and oxygen atoms in total. The van der Waals surface area contributed by atoms with Crippen LogP contribution in [-0.4, -0.2) is 19.0 Å². The van der Waals surface area contributed by atoms with Crippen molar-refractivity contribution in [2.45, 2.75) is 45.4 Å². The minimum Gasteiger partial charge on any atom is -0.356 e. The molecule has 0 saturated heterocycles. The molecule has 0 aromatic rings. The maximum atomic E-state index is 11.9. The lowest BCUT2D eigenvalue weighted by Crippen LogP contribution is -2.34. The number of carbonyl (C=O) groups is 1. The third kappa shape index (κ3) is 3.98. The third-order valence-corrected chi connectivity index (χ3v) is 4.26. The number of nitrogens with two attached hydrogens (primary N) is 1. The summed E-state index contributed by atoms with van der Waals surface area (Å²) in [6, 6.07) is 0. The summed E-state index contributed by atoms with van der Waals surface area (Å²) < 4.78 is 0. The second kappa shape index (κ2) is 5.85. The fraction of sp³-hybridized carbons (Fsp3) is 0.929. The highest BCUT2D eigenvalue weighted by molar-refractivity contribution is 5.78. The number of carbonyl (C=O) groups excluding carboxylic acids is 1. The van der Waals surface area contributed by atoms with E-state index < -0.39 is 0 Å². The Balaban J connectivity index is 1.67. The zero-order valence-corrected chi connectivity index (χ0v) is 11.0. The van der Waals surface area contributed by atoms with Gasteiger partial charge in [-0.15, -0.1) is 0 Å². The Labute approximate surface area is 105 Å². The van der Waals surface area contributed by atoms with Gasteiger partial charge < -0.3 is 11.1 Å². The van der Waals surface area contributed by atoms with Crippen LogP contribution in [0.25, 0.3) is 0 Å². The zero-order valence-electron chi connectivity index (χ0n) is 11.0. The van der Waals surface area contributed by atoms with Gasteiger partial charge in [0.2, 0.25) is 5.91 Å². The van der Waals surface area contributed by atoms with Gasteiger partial charge in [-0.05, 0) is 62.8 Å². The summed E-state index contributed by atoms with van der Waals surface area (Å²) in [5.41, 5.74) is 5.46. The molecule has 1 amide bonds. The molecular weight excluding hydrogens is 212 g/mol. The first kappa shape index (κ1) is 12.9. The Morgan fingerprint density at radius 1 is 1.29 bits per heavy atom. The Morgan fingerprint density at radius 2 is 1.88 bits per heavy atom. The largest absolute Gasteiger partial charge is 0.356 e. The molecule has 0 aliphatic heterocycles. The van der Waals surface area contributed by atoms with E-state index in [9.17, 15) is 4.79 Å². The first-order valence-electron chi connectivity index (χ1n) is 7.20. The van der Waals surface area contributed by atoms with Gasteiger partial charge in [0.05, 0.1) is 0 Å². The van der Waals surface area contributed by atoms with E-state index in [1.54, 1.807) is 0 Å². The van der Waals surface area contributed by atoms with Crippen LogP contribution >= 0.6 is 0 Å². The fourth-order valence-electron chi connectivity index (χ4n) is 2.71. The highest BCUT2D eigenvalue weighted by Gasteiger charge is 2.41. The maximum absolute atomic E-state index is 11.9. The van der Waals surface area contributed by atoms with Gasteiger partial charge in [0.25, 0.3) is 0 Å². The molecule has 0 aromatic heterocycles. The maximum Gasteiger partial charge on any atom is 0.222 e. The number of amides is 1. The van der Waals surface area contributed by atoms with Crippen LogP contribution in [0.5, 0.6) is 0 Å². The van der Waals surface area contributed by atoms with Gasteiger partial charge in [0.15, 0.2) is 0 Å². The van der Waals surface area contributed by atoms with Crippen molar-refractivity contribution in [3.63, 3.8) is 0 Å². The van der Waals surface area contributed by atoms with E-state index in [1.165, 1.54) is 25.7 Å². The second-order valence-electron chi connectivity index (χ2n) is 5.92. The molecule has 3 heteroatoms. The van der Waals surface area contributed by atoms with Crippen LogP contribution in [0, 0.1) is 23.7 Å². The molecule has 2 aliphatic carbocycles. The quantitative estimate of drug-likeness (QED) is 0.678. The molecule has 0 radical (unpaired) electrons. The van der Waals surface area contributed by atoms with Crippen molar-refractivity contribution in [3.05, 3.63) is 0 Å². The van der Waals surface area contributed by atoms with Crippen molar-refractivity contribution in [2.75, 3.05) is 13.1 Å². The van der Waals surface area contributed by atoms with Crippen LogP contribution in [0.4, 0.5) is 0 Å². The lowest BCUT2D eigenvalue weighted by Gasteiger charge is -2.18. The summed E-state index contributed by atoms with van der Waals surface area (Å²) in [4.78, 5) is 11.9. The summed E-state index contributed by atoms with van der Waals surface area (Å²) in [5, 5.41) is 3.15. The van der Waals surface area contributed by atoms with E-state index in [0.717, 1.165) is 37.1 Å². The van der Waals surface area contributed by atoms with Crippen molar-refractivity contribution in [2.24, 2.45) is 29.4 Å². The van der Waals surface area contributed by atoms with Crippen LogP contribution in [0.15, 0.2) is 0 Å². The molecule has 17 heavy (non-hydrogen) atoms. The van der Waals surface area contributed by atoms with Gasteiger partial charge in [-0.1, -0.05) is 6.92 Å². The molecule has 2 aliphatic rings. The van der Waals surface area contributed by atoms with Gasteiger partial charge in [-0.25, -0.2) is 0 Å². The van der Waals surface area contributed by atoms with Crippen LogP contribution in [-0.2, 0) is 4.79 Å². The monoisotopic (exact) mass is 238 g/mol. The zero-order chi connectivity index (χ0) is 12.3. The summed E-state index contributed by atoms with van der Waals surface area (Å²) in [5.74, 6) is 2.97. The minimum atomic E-state index is 0.123. The van der Waals surface area contributed by atoms with Gasteiger partial charge in [0, 0.05) is 12.5 Å². The van der Waals surface area contributed by atoms with Crippen LogP contribution < -0.4 is 11.1 Å². The second-order valence-corrected chi connectivity index (χ2v) is 5.92. The predicted octanol–water partition coefficient (Wildman–Crippen LogP) is 1.91. The van der Waals surface area contributed by atoms with Gasteiger partial charge in [-0.3, -0.25) is 4.79 Å². The lowest BCUT2D eigenvalue weighted by atomic mass is 9.97. The highest BCUT2D eigenvalue weighted by Crippen LogP contribution is 2.48. The fourth-order valence-corrected chi connectivity index (χ4v) is 2.71. The van der Waals surface area contributed by atoms with Crippen LogP contribution in [0.2, 0.25) is 0 Å². The first-order valence-corrected chi connectivity index (χ1v) is 7.20. The molecule has 98 valence electrons. The van der Waals surface area contributed by atoms with E-state index in [1.807, 2.05) is 6.92 Å². The van der Waals surface area contributed by atoms with E-state index in [-0.39, 0.29) is 11.8 Å². The number of hydrogen-bond acceptors (Lipinski definition) is 2. The van der Waals surface area contributed by atoms with E-state index in [0.29, 0.717) is 6.54 Å². The Kier molecular flexibility index (Phi) is 4.43. The number of hydrogen-bond donors (Lipinski definition) is 2. The number of nitrogens with one attached hydrogen (secondary N) is 1. The average Bonchev–Trinajstić information content (AvgIpc) is 3.15. The summed E-state index contributed by atoms with van der Waals surface area (Å²) in [6.45, 7) is 3.61. The average molecular weight is 238 g/mol. The van der Waals surface area contributed by atoms with E-state index in [4.69, 9.17) is 5.73 Å². The first-order chi connectivity index (χ1) is 8.22. The summed E-state index contributed by atoms with van der Waals surface area (Å²) in [7, 11) is 0. The Morgan fingerprint density at radius 3 is 2.35 bits per heavy atom. The number of rotatable bonds is 8. The van der Waals surface area contributed by atoms with Crippen LogP contribution in [0.1, 0.15) is 45.4 Å². The van der Waals surface area contributed by atoms with Crippen molar-refractivity contribution in [1.29, 1.82) is 0 Å². The van der Waals surface area contributed by atoms with Gasteiger partial charge in [-0.2, -0.15) is 0 Å². The summed E-state index contributed by atoms with van der Waals surface area (Å²) in [6.07, 6.45) is 7.42. The molecule has 2 fully saturated rings. The molecule has 1 unspecified atom stereocenters. The minimum absolute atomic E-state index is 0.123. The standard InChI is InChI=1S/C14H26N2O/c1-10(3-2-8-15)14(17)16-9-13(11-4-5-11)12-6-7-12/h10-13H,2-9,15H2,1H3,(H,16,17). The smallest absolute Gasteiger partial charge is 0.222 e.